The summed E-state index contributed by atoms with van der Waals surface area (Å²) < 4.78 is 6.82. The van der Waals surface area contributed by atoms with Crippen LogP contribution in [0.4, 0.5) is 0 Å². The van der Waals surface area contributed by atoms with Gasteiger partial charge in [0.25, 0.3) is 0 Å². The SMILES string of the molecule is C1=CC2C3=C(CC[C@H]2C=C1)CC(N(C1=CCC(C2=CC4C5=C(OC4C=C2)C(C2CC=CCC2)=CCC5)CC1)C1C=C[C@H](c2cc4c(c5c2C=CCC5)CCC=C4)CC1)CC3. The van der Waals surface area contributed by atoms with E-state index >= 15 is 0 Å². The van der Waals surface area contributed by atoms with Crippen LogP contribution in [0.15, 0.2) is 137 Å². The standard InChI is InChI=1S/C58H65NO/c1-2-11-39(12-3-1)51-19-10-20-54-56-36-42(27-34-57(56)60-58(51)54)38-23-28-45(29-24-38)59(47-32-33-50-44(35-47)22-21-40-13-4-6-15-48(40)50)46-30-25-41(26-31-46)55-37-43-14-5-7-16-49(43)52-17-8-9-18-53(52)55/h1-2,4-6,9,13-15,18-19,25,27-28,30,34,36-41,46-48,56-57H,3,7-8,10-12,16-17,20-24,26,29,31-33,35H2/t38?,39?,40-,41+,46?,47?,48?,56?,57?/m1/s1. The van der Waals surface area contributed by atoms with Crippen LogP contribution in [0.1, 0.15) is 143 Å². The second kappa shape index (κ2) is 15.9. The molecule has 0 N–H and O–H groups in total. The predicted molar refractivity (Wildman–Crippen MR) is 249 cm³/mol. The minimum Gasteiger partial charge on any atom is -0.485 e. The summed E-state index contributed by atoms with van der Waals surface area (Å²) in [6, 6.07) is 3.67. The van der Waals surface area contributed by atoms with Gasteiger partial charge < -0.3 is 9.64 Å². The Morgan fingerprint density at radius 2 is 1.55 bits per heavy atom. The quantitative estimate of drug-likeness (QED) is 0.266. The van der Waals surface area contributed by atoms with Crippen LogP contribution in [0.2, 0.25) is 0 Å². The van der Waals surface area contributed by atoms with Crippen LogP contribution >= 0.6 is 0 Å². The van der Waals surface area contributed by atoms with Crippen molar-refractivity contribution in [2.75, 3.05) is 0 Å². The second-order valence-electron chi connectivity index (χ2n) is 20.2. The highest BCUT2D eigenvalue weighted by Crippen LogP contribution is 2.50. The van der Waals surface area contributed by atoms with Gasteiger partial charge in [-0.2, -0.15) is 0 Å². The summed E-state index contributed by atoms with van der Waals surface area (Å²) in [7, 11) is 0. The Bertz CT molecular complexity index is 2300. The van der Waals surface area contributed by atoms with E-state index in [9.17, 15) is 0 Å². The Morgan fingerprint density at radius 3 is 2.43 bits per heavy atom. The molecule has 60 heavy (non-hydrogen) atoms. The average molecular weight is 792 g/mol. The van der Waals surface area contributed by atoms with Crippen molar-refractivity contribution in [2.45, 2.75) is 146 Å². The van der Waals surface area contributed by atoms with Crippen LogP contribution in [0.25, 0.3) is 12.2 Å². The molecule has 9 atom stereocenters. The maximum absolute atomic E-state index is 6.82. The van der Waals surface area contributed by atoms with Gasteiger partial charge in [0.1, 0.15) is 11.9 Å². The lowest BCUT2D eigenvalue weighted by Gasteiger charge is -2.47. The molecule has 0 radical (unpaired) electrons. The van der Waals surface area contributed by atoms with Gasteiger partial charge in [0.2, 0.25) is 0 Å². The van der Waals surface area contributed by atoms with Crippen LogP contribution in [0, 0.1) is 29.6 Å². The largest absolute Gasteiger partial charge is 0.485 e. The zero-order chi connectivity index (χ0) is 39.6. The van der Waals surface area contributed by atoms with Crippen molar-refractivity contribution in [1.29, 1.82) is 0 Å². The number of hydrogen-bond acceptors (Lipinski definition) is 2. The summed E-state index contributed by atoms with van der Waals surface area (Å²) in [5.41, 5.74) is 17.9. The Morgan fingerprint density at radius 1 is 0.617 bits per heavy atom. The van der Waals surface area contributed by atoms with Gasteiger partial charge >= 0.3 is 0 Å². The molecule has 2 heteroatoms. The van der Waals surface area contributed by atoms with Gasteiger partial charge in [0.15, 0.2) is 0 Å². The molecule has 0 saturated heterocycles. The molecule has 0 spiro atoms. The van der Waals surface area contributed by atoms with Gasteiger partial charge in [0, 0.05) is 35.5 Å². The van der Waals surface area contributed by atoms with E-state index in [-0.39, 0.29) is 6.10 Å². The van der Waals surface area contributed by atoms with Crippen LogP contribution in [-0.2, 0) is 17.6 Å². The Balaban J connectivity index is 0.817. The number of hydrogen-bond donors (Lipinski definition) is 0. The van der Waals surface area contributed by atoms with Crippen molar-refractivity contribution in [3.8, 4) is 0 Å². The average Bonchev–Trinajstić information content (AvgIpc) is 3.70. The Hall–Kier alpha value is -4.30. The van der Waals surface area contributed by atoms with Gasteiger partial charge in [-0.05, 0) is 190 Å². The van der Waals surface area contributed by atoms with Gasteiger partial charge in [-0.3, -0.25) is 0 Å². The van der Waals surface area contributed by atoms with E-state index in [1.54, 1.807) is 44.7 Å². The zero-order valence-electron chi connectivity index (χ0n) is 35.9. The first-order valence-electron chi connectivity index (χ1n) is 24.6. The Kier molecular flexibility index (Phi) is 9.91. The molecule has 1 aromatic rings. The molecule has 10 aliphatic carbocycles. The molecule has 0 fully saturated rings. The monoisotopic (exact) mass is 792 g/mol. The van der Waals surface area contributed by atoms with Crippen molar-refractivity contribution in [1.82, 2.24) is 4.90 Å². The molecule has 308 valence electrons. The zero-order valence-corrected chi connectivity index (χ0v) is 35.9. The van der Waals surface area contributed by atoms with E-state index in [1.165, 1.54) is 126 Å². The van der Waals surface area contributed by atoms with E-state index < -0.39 is 0 Å². The summed E-state index contributed by atoms with van der Waals surface area (Å²) >= 11 is 0. The lowest BCUT2D eigenvalue weighted by molar-refractivity contribution is 0.161. The number of nitrogens with zero attached hydrogens (tertiary/aromatic N) is 1. The molecule has 7 unspecified atom stereocenters. The van der Waals surface area contributed by atoms with Crippen molar-refractivity contribution in [3.05, 3.63) is 164 Å². The molecule has 1 heterocycles. The predicted octanol–water partition coefficient (Wildman–Crippen LogP) is 14.2. The first-order chi connectivity index (χ1) is 29.7. The van der Waals surface area contributed by atoms with E-state index in [0.717, 1.165) is 18.8 Å². The van der Waals surface area contributed by atoms with Crippen LogP contribution in [-0.4, -0.2) is 23.1 Å². The maximum atomic E-state index is 6.82. The summed E-state index contributed by atoms with van der Waals surface area (Å²) in [5, 5.41) is 0. The van der Waals surface area contributed by atoms with Crippen LogP contribution < -0.4 is 0 Å². The number of allylic oxidation sites excluding steroid dienone is 16. The first-order valence-corrected chi connectivity index (χ1v) is 24.6. The van der Waals surface area contributed by atoms with Crippen molar-refractivity contribution in [3.63, 3.8) is 0 Å². The number of fused-ring (bicyclic) bond motifs is 7. The topological polar surface area (TPSA) is 12.5 Å². The molecule has 0 amide bonds. The lowest BCUT2D eigenvalue weighted by Crippen LogP contribution is -2.45. The lowest BCUT2D eigenvalue weighted by atomic mass is 9.68. The van der Waals surface area contributed by atoms with E-state index in [2.05, 4.69) is 114 Å². The molecule has 11 aliphatic rings. The van der Waals surface area contributed by atoms with E-state index in [0.29, 0.717) is 41.7 Å². The molecule has 2 nitrogen and oxygen atoms in total. The third-order valence-corrected chi connectivity index (χ3v) is 17.1. The third-order valence-electron chi connectivity index (χ3n) is 17.1. The summed E-state index contributed by atoms with van der Waals surface area (Å²) in [4.78, 5) is 3.01. The summed E-state index contributed by atoms with van der Waals surface area (Å²) in [6.07, 6.45) is 65.8. The minimum absolute atomic E-state index is 0.187. The maximum Gasteiger partial charge on any atom is 0.127 e. The highest BCUT2D eigenvalue weighted by Gasteiger charge is 2.41. The first kappa shape index (κ1) is 37.5. The highest BCUT2D eigenvalue weighted by atomic mass is 16.5. The van der Waals surface area contributed by atoms with E-state index in [4.69, 9.17) is 4.74 Å². The molecule has 0 aromatic heterocycles. The van der Waals surface area contributed by atoms with Crippen LogP contribution in [0.3, 0.4) is 0 Å². The number of rotatable bonds is 6. The normalized spacial score (nSPS) is 34.7. The van der Waals surface area contributed by atoms with Gasteiger partial charge in [-0.25, -0.2) is 0 Å². The third kappa shape index (κ3) is 6.66. The molecule has 0 bridgehead atoms. The van der Waals surface area contributed by atoms with Crippen molar-refractivity contribution >= 4 is 12.2 Å². The number of ether oxygens (including phenoxy) is 1. The van der Waals surface area contributed by atoms with Gasteiger partial charge in [-0.15, -0.1) is 0 Å². The minimum atomic E-state index is 0.187. The van der Waals surface area contributed by atoms with E-state index in [1.807, 2.05) is 5.57 Å². The summed E-state index contributed by atoms with van der Waals surface area (Å²) in [6.45, 7) is 0. The van der Waals surface area contributed by atoms with Crippen molar-refractivity contribution < 1.29 is 4.74 Å². The fraction of sp³-hybridized carbons (Fsp3) is 0.483. The van der Waals surface area contributed by atoms with Crippen molar-refractivity contribution in [2.24, 2.45) is 29.6 Å². The molecule has 0 saturated carbocycles. The van der Waals surface area contributed by atoms with Gasteiger partial charge in [0.05, 0.1) is 0 Å². The molecule has 12 rings (SSSR count). The van der Waals surface area contributed by atoms with Gasteiger partial charge in [-0.1, -0.05) is 114 Å². The highest BCUT2D eigenvalue weighted by molar-refractivity contribution is 5.70. The van der Waals surface area contributed by atoms with Crippen LogP contribution in [0.5, 0.6) is 0 Å². The second-order valence-corrected chi connectivity index (χ2v) is 20.2. The number of benzene rings is 1. The smallest absolute Gasteiger partial charge is 0.127 e. The fourth-order valence-corrected chi connectivity index (χ4v) is 14.0. The molecular weight excluding hydrogens is 727 g/mol. The molecular formula is C58H65NO. The summed E-state index contributed by atoms with van der Waals surface area (Å²) in [5.74, 6) is 4.81. The fourth-order valence-electron chi connectivity index (χ4n) is 14.0. The molecule has 1 aromatic carbocycles. The Labute approximate surface area is 360 Å². The molecule has 1 aliphatic heterocycles.